The molecule has 1 amide bonds. The Balaban J connectivity index is 1.75. The number of hydrogen-bond acceptors (Lipinski definition) is 4. The van der Waals surface area contributed by atoms with Crippen molar-refractivity contribution in [2.45, 2.75) is 32.2 Å². The molecule has 0 radical (unpaired) electrons. The first-order valence-electron chi connectivity index (χ1n) is 10.2. The summed E-state index contributed by atoms with van der Waals surface area (Å²) in [5.74, 6) is 0.784. The minimum atomic E-state index is -0.0568. The van der Waals surface area contributed by atoms with Crippen LogP contribution < -0.4 is 10.1 Å². The molecule has 1 atom stereocenters. The molecule has 0 aromatic heterocycles. The molecule has 1 aliphatic heterocycles. The molecular weight excluding hydrogens is 364 g/mol. The summed E-state index contributed by atoms with van der Waals surface area (Å²) in [6, 6.07) is 15.9. The van der Waals surface area contributed by atoms with E-state index in [1.165, 1.54) is 5.56 Å². The van der Waals surface area contributed by atoms with Gasteiger partial charge in [0.1, 0.15) is 5.75 Å². The smallest absolute Gasteiger partial charge is 0.251 e. The summed E-state index contributed by atoms with van der Waals surface area (Å²) in [6.45, 7) is 10.1. The van der Waals surface area contributed by atoms with Gasteiger partial charge < -0.3 is 14.8 Å². The van der Waals surface area contributed by atoms with Gasteiger partial charge in [0, 0.05) is 30.8 Å². The van der Waals surface area contributed by atoms with Crippen molar-refractivity contribution in [2.24, 2.45) is 0 Å². The van der Waals surface area contributed by atoms with Crippen LogP contribution in [0.2, 0.25) is 0 Å². The lowest BCUT2D eigenvalue weighted by molar-refractivity contribution is 0.0157. The summed E-state index contributed by atoms with van der Waals surface area (Å²) in [4.78, 5) is 15.1. The van der Waals surface area contributed by atoms with Gasteiger partial charge in [0.15, 0.2) is 0 Å². The fourth-order valence-electron chi connectivity index (χ4n) is 3.68. The maximum Gasteiger partial charge on any atom is 0.251 e. The second-order valence-electron chi connectivity index (χ2n) is 8.44. The van der Waals surface area contributed by atoms with Gasteiger partial charge in [0.25, 0.3) is 5.91 Å². The van der Waals surface area contributed by atoms with Crippen molar-refractivity contribution in [3.05, 3.63) is 65.2 Å². The predicted molar refractivity (Wildman–Crippen MR) is 116 cm³/mol. The van der Waals surface area contributed by atoms with Gasteiger partial charge >= 0.3 is 0 Å². The second-order valence-corrected chi connectivity index (χ2v) is 8.44. The van der Waals surface area contributed by atoms with Crippen LogP contribution in [0.3, 0.4) is 0 Å². The Morgan fingerprint density at radius 1 is 1.10 bits per heavy atom. The molecule has 1 fully saturated rings. The number of carbonyl (C=O) groups is 1. The van der Waals surface area contributed by atoms with Crippen molar-refractivity contribution in [3.8, 4) is 5.75 Å². The number of benzene rings is 2. The van der Waals surface area contributed by atoms with E-state index in [4.69, 9.17) is 9.47 Å². The monoisotopic (exact) mass is 396 g/mol. The zero-order chi connectivity index (χ0) is 20.9. The van der Waals surface area contributed by atoms with E-state index in [9.17, 15) is 4.79 Å². The van der Waals surface area contributed by atoms with Gasteiger partial charge in [-0.25, -0.2) is 0 Å². The van der Waals surface area contributed by atoms with Crippen molar-refractivity contribution >= 4 is 5.91 Å². The first kappa shape index (κ1) is 21.3. The lowest BCUT2D eigenvalue weighted by atomic mass is 9.86. The molecule has 2 aromatic carbocycles. The van der Waals surface area contributed by atoms with Crippen molar-refractivity contribution < 1.29 is 14.3 Å². The third-order valence-corrected chi connectivity index (χ3v) is 5.45. The number of methoxy groups -OCH3 is 1. The molecule has 1 heterocycles. The number of hydrogen-bond donors (Lipinski definition) is 1. The topological polar surface area (TPSA) is 50.8 Å². The lowest BCUT2D eigenvalue weighted by Gasteiger charge is -2.35. The van der Waals surface area contributed by atoms with Crippen LogP contribution in [-0.4, -0.2) is 50.8 Å². The van der Waals surface area contributed by atoms with Crippen molar-refractivity contribution in [1.29, 1.82) is 0 Å². The average Bonchev–Trinajstić information content (AvgIpc) is 2.74. The molecule has 0 saturated carbocycles. The number of rotatable bonds is 6. The third-order valence-electron chi connectivity index (χ3n) is 5.45. The van der Waals surface area contributed by atoms with Crippen molar-refractivity contribution in [2.75, 3.05) is 40.0 Å². The third kappa shape index (κ3) is 5.37. The number of nitrogens with one attached hydrogen (secondary N) is 1. The zero-order valence-electron chi connectivity index (χ0n) is 17.9. The quantitative estimate of drug-likeness (QED) is 0.807. The molecule has 0 bridgehead atoms. The van der Waals surface area contributed by atoms with Crippen molar-refractivity contribution in [3.63, 3.8) is 0 Å². The first-order valence-corrected chi connectivity index (χ1v) is 10.2. The molecule has 1 unspecified atom stereocenters. The van der Waals surface area contributed by atoms with E-state index in [1.807, 2.05) is 42.5 Å². The van der Waals surface area contributed by atoms with Crippen LogP contribution in [0.4, 0.5) is 0 Å². The summed E-state index contributed by atoms with van der Waals surface area (Å²) in [6.07, 6.45) is 0. The molecule has 1 aliphatic rings. The summed E-state index contributed by atoms with van der Waals surface area (Å²) in [5, 5.41) is 3.13. The highest BCUT2D eigenvalue weighted by Gasteiger charge is 2.26. The predicted octanol–water partition coefficient (Wildman–Crippen LogP) is 3.80. The summed E-state index contributed by atoms with van der Waals surface area (Å²) in [5.41, 5.74) is 3.05. The van der Waals surface area contributed by atoms with Crippen LogP contribution in [0.5, 0.6) is 5.75 Å². The largest absolute Gasteiger partial charge is 0.496 e. The van der Waals surface area contributed by atoms with E-state index >= 15 is 0 Å². The van der Waals surface area contributed by atoms with Gasteiger partial charge in [0.2, 0.25) is 0 Å². The number of morpholine rings is 1. The number of carbonyl (C=O) groups excluding carboxylic acids is 1. The van der Waals surface area contributed by atoms with E-state index in [1.54, 1.807) is 7.11 Å². The van der Waals surface area contributed by atoms with Gasteiger partial charge in [-0.2, -0.15) is 0 Å². The Kier molecular flexibility index (Phi) is 6.93. The van der Waals surface area contributed by atoms with E-state index in [0.717, 1.165) is 24.4 Å². The van der Waals surface area contributed by atoms with Crippen LogP contribution in [0.15, 0.2) is 48.5 Å². The average molecular weight is 397 g/mol. The SMILES string of the molecule is COc1ccccc1C(CNC(=O)c1ccc(C(C)(C)C)cc1)N1CCOCC1. The van der Waals surface area contributed by atoms with Gasteiger partial charge in [-0.05, 0) is 29.2 Å². The van der Waals surface area contributed by atoms with Gasteiger partial charge in [0.05, 0.1) is 26.4 Å². The highest BCUT2D eigenvalue weighted by Crippen LogP contribution is 2.29. The molecule has 0 spiro atoms. The summed E-state index contributed by atoms with van der Waals surface area (Å²) >= 11 is 0. The number of amides is 1. The lowest BCUT2D eigenvalue weighted by Crippen LogP contribution is -2.44. The molecule has 5 nitrogen and oxygen atoms in total. The van der Waals surface area contributed by atoms with Gasteiger partial charge in [-0.3, -0.25) is 9.69 Å². The molecule has 1 saturated heterocycles. The fourth-order valence-corrected chi connectivity index (χ4v) is 3.68. The maximum atomic E-state index is 12.8. The number of para-hydroxylation sites is 1. The highest BCUT2D eigenvalue weighted by molar-refractivity contribution is 5.94. The molecular formula is C24H32N2O3. The molecule has 5 heteroatoms. The Labute approximate surface area is 174 Å². The summed E-state index contributed by atoms with van der Waals surface area (Å²) < 4.78 is 11.1. The molecule has 0 aliphatic carbocycles. The van der Waals surface area contributed by atoms with E-state index in [0.29, 0.717) is 25.3 Å². The molecule has 156 valence electrons. The normalized spacial score (nSPS) is 16.3. The first-order chi connectivity index (χ1) is 13.9. The maximum absolute atomic E-state index is 12.8. The van der Waals surface area contributed by atoms with Crippen LogP contribution in [0, 0.1) is 0 Å². The second kappa shape index (κ2) is 9.42. The van der Waals surface area contributed by atoms with Crippen molar-refractivity contribution in [1.82, 2.24) is 10.2 Å². The summed E-state index contributed by atoms with van der Waals surface area (Å²) in [7, 11) is 1.69. The highest BCUT2D eigenvalue weighted by atomic mass is 16.5. The molecule has 29 heavy (non-hydrogen) atoms. The van der Waals surface area contributed by atoms with Gasteiger partial charge in [-0.15, -0.1) is 0 Å². The van der Waals surface area contributed by atoms with Crippen LogP contribution in [-0.2, 0) is 10.2 Å². The minimum absolute atomic E-state index is 0.0350. The Hall–Kier alpha value is -2.37. The van der Waals surface area contributed by atoms with E-state index < -0.39 is 0 Å². The van der Waals surface area contributed by atoms with E-state index in [-0.39, 0.29) is 17.4 Å². The van der Waals surface area contributed by atoms with E-state index in [2.05, 4.69) is 37.1 Å². The Bertz CT molecular complexity index is 806. The Morgan fingerprint density at radius 3 is 2.38 bits per heavy atom. The van der Waals surface area contributed by atoms with Crippen LogP contribution in [0.25, 0.3) is 0 Å². The van der Waals surface area contributed by atoms with Gasteiger partial charge in [-0.1, -0.05) is 51.1 Å². The Morgan fingerprint density at radius 2 is 1.76 bits per heavy atom. The molecule has 3 rings (SSSR count). The fraction of sp³-hybridized carbons (Fsp3) is 0.458. The molecule has 2 aromatic rings. The van der Waals surface area contributed by atoms with Crippen LogP contribution >= 0.6 is 0 Å². The number of nitrogens with zero attached hydrogens (tertiary/aromatic N) is 1. The minimum Gasteiger partial charge on any atom is -0.496 e. The standard InChI is InChI=1S/C24H32N2O3/c1-24(2,3)19-11-9-18(10-12-19)23(27)25-17-21(26-13-15-29-16-14-26)20-7-5-6-8-22(20)28-4/h5-12,21H,13-17H2,1-4H3,(H,25,27). The van der Waals surface area contributed by atoms with Crippen LogP contribution in [0.1, 0.15) is 48.3 Å². The zero-order valence-corrected chi connectivity index (χ0v) is 17.9. The molecule has 1 N–H and O–H groups in total. The number of ether oxygens (including phenoxy) is 2.